The van der Waals surface area contributed by atoms with Gasteiger partial charge in [0.15, 0.2) is 6.29 Å². The predicted molar refractivity (Wildman–Crippen MR) is 111 cm³/mol. The largest absolute Gasteiger partial charge is 0.444 e. The van der Waals surface area contributed by atoms with Gasteiger partial charge in [0.25, 0.3) is 5.91 Å². The van der Waals surface area contributed by atoms with Crippen molar-refractivity contribution >= 4 is 12.0 Å². The second-order valence-corrected chi connectivity index (χ2v) is 8.85. The Morgan fingerprint density at radius 3 is 2.28 bits per heavy atom. The van der Waals surface area contributed by atoms with Gasteiger partial charge in [0.05, 0.1) is 29.9 Å². The van der Waals surface area contributed by atoms with E-state index in [1.54, 1.807) is 4.90 Å². The van der Waals surface area contributed by atoms with E-state index in [2.05, 4.69) is 17.1 Å². The van der Waals surface area contributed by atoms with Gasteiger partial charge in [0.2, 0.25) is 5.95 Å². The van der Waals surface area contributed by atoms with Crippen molar-refractivity contribution in [1.29, 1.82) is 0 Å². The van der Waals surface area contributed by atoms with Gasteiger partial charge < -0.3 is 24.0 Å². The molecule has 0 aromatic carbocycles. The molecule has 0 saturated carbocycles. The van der Waals surface area contributed by atoms with E-state index in [0.717, 1.165) is 38.5 Å². The summed E-state index contributed by atoms with van der Waals surface area (Å²) in [5, 5.41) is 0. The fourth-order valence-electron chi connectivity index (χ4n) is 5.21. The number of halogens is 1. The van der Waals surface area contributed by atoms with E-state index in [1.165, 1.54) is 18.3 Å². The molecule has 0 N–H and O–H groups in total. The molecule has 1 aliphatic carbocycles. The lowest BCUT2D eigenvalue weighted by molar-refractivity contribution is -0.102. The zero-order valence-electron chi connectivity index (χ0n) is 17.9. The SMILES string of the molecule is O=C(OC[C@H]1O[C@H]2CC/C=C\CC[C@H]2O1)N1CC2CCC(C1)N2C(=O)c1ccc(F)nc1. The van der Waals surface area contributed by atoms with Crippen LogP contribution in [0.5, 0.6) is 0 Å². The Morgan fingerprint density at radius 1 is 1.03 bits per heavy atom. The molecule has 172 valence electrons. The number of pyridine rings is 1. The van der Waals surface area contributed by atoms with Gasteiger partial charge in [-0.3, -0.25) is 4.79 Å². The number of aromatic nitrogens is 1. The monoisotopic (exact) mass is 445 g/mol. The summed E-state index contributed by atoms with van der Waals surface area (Å²) in [7, 11) is 0. The molecule has 5 rings (SSSR count). The number of ether oxygens (including phenoxy) is 3. The summed E-state index contributed by atoms with van der Waals surface area (Å²) >= 11 is 0. The summed E-state index contributed by atoms with van der Waals surface area (Å²) in [6.45, 7) is 0.896. The number of likely N-dealkylation sites (tertiary alicyclic amines) is 1. The molecule has 1 aromatic rings. The van der Waals surface area contributed by atoms with Crippen LogP contribution in [0.2, 0.25) is 0 Å². The molecule has 9 heteroatoms. The maximum absolute atomic E-state index is 13.1. The van der Waals surface area contributed by atoms with Gasteiger partial charge in [-0.2, -0.15) is 4.39 Å². The molecule has 2 bridgehead atoms. The van der Waals surface area contributed by atoms with Gasteiger partial charge in [-0.1, -0.05) is 12.2 Å². The Labute approximate surface area is 186 Å². The fraction of sp³-hybridized carbons (Fsp3) is 0.609. The molecule has 0 spiro atoms. The van der Waals surface area contributed by atoms with Crippen LogP contribution >= 0.6 is 0 Å². The summed E-state index contributed by atoms with van der Waals surface area (Å²) in [6, 6.07) is 2.47. The second kappa shape index (κ2) is 9.15. The Kier molecular flexibility index (Phi) is 6.10. The van der Waals surface area contributed by atoms with E-state index >= 15 is 0 Å². The molecule has 0 radical (unpaired) electrons. The van der Waals surface area contributed by atoms with E-state index in [9.17, 15) is 14.0 Å². The number of rotatable bonds is 3. The van der Waals surface area contributed by atoms with Gasteiger partial charge >= 0.3 is 6.09 Å². The van der Waals surface area contributed by atoms with Crippen LogP contribution in [0.3, 0.4) is 0 Å². The average molecular weight is 445 g/mol. The van der Waals surface area contributed by atoms with E-state index < -0.39 is 18.3 Å². The lowest BCUT2D eigenvalue weighted by Crippen LogP contribution is -2.57. The maximum Gasteiger partial charge on any atom is 0.410 e. The minimum Gasteiger partial charge on any atom is -0.444 e. The maximum atomic E-state index is 13.1. The lowest BCUT2D eigenvalue weighted by Gasteiger charge is -2.40. The first-order valence-electron chi connectivity index (χ1n) is 11.4. The number of nitrogens with zero attached hydrogens (tertiary/aromatic N) is 3. The average Bonchev–Trinajstić information content (AvgIpc) is 3.28. The summed E-state index contributed by atoms with van der Waals surface area (Å²) in [5.74, 6) is -0.788. The van der Waals surface area contributed by atoms with Crippen molar-refractivity contribution in [3.05, 3.63) is 42.0 Å². The van der Waals surface area contributed by atoms with Gasteiger partial charge in [0.1, 0.15) is 6.61 Å². The number of carbonyl (C=O) groups is 2. The molecule has 4 heterocycles. The van der Waals surface area contributed by atoms with Crippen molar-refractivity contribution in [3.63, 3.8) is 0 Å². The summed E-state index contributed by atoms with van der Waals surface area (Å²) in [5.41, 5.74) is 0.359. The predicted octanol–water partition coefficient (Wildman–Crippen LogP) is 2.89. The van der Waals surface area contributed by atoms with Crippen molar-refractivity contribution in [2.24, 2.45) is 0 Å². The number of fused-ring (bicyclic) bond motifs is 3. The number of piperazine rings is 1. The van der Waals surface area contributed by atoms with E-state index in [1.807, 2.05) is 4.90 Å². The van der Waals surface area contributed by atoms with Gasteiger partial charge in [-0.25, -0.2) is 9.78 Å². The molecular formula is C23H28FN3O5. The molecule has 3 fully saturated rings. The highest BCUT2D eigenvalue weighted by Crippen LogP contribution is 2.32. The van der Waals surface area contributed by atoms with Crippen LogP contribution in [0.25, 0.3) is 0 Å². The molecule has 5 atom stereocenters. The van der Waals surface area contributed by atoms with Crippen LogP contribution in [0.15, 0.2) is 30.5 Å². The Balaban J connectivity index is 1.13. The van der Waals surface area contributed by atoms with Crippen molar-refractivity contribution in [2.45, 2.75) is 69.1 Å². The van der Waals surface area contributed by atoms with Crippen LogP contribution in [0.4, 0.5) is 9.18 Å². The Morgan fingerprint density at radius 2 is 1.69 bits per heavy atom. The normalized spacial score (nSPS) is 32.7. The summed E-state index contributed by atoms with van der Waals surface area (Å²) < 4.78 is 30.5. The number of hydrogen-bond acceptors (Lipinski definition) is 6. The quantitative estimate of drug-likeness (QED) is 0.526. The topological polar surface area (TPSA) is 81.2 Å². The van der Waals surface area contributed by atoms with Crippen molar-refractivity contribution in [1.82, 2.24) is 14.8 Å². The fourth-order valence-corrected chi connectivity index (χ4v) is 5.21. The van der Waals surface area contributed by atoms with Crippen LogP contribution in [-0.2, 0) is 14.2 Å². The van der Waals surface area contributed by atoms with Gasteiger partial charge in [-0.05, 0) is 50.7 Å². The van der Waals surface area contributed by atoms with Crippen LogP contribution in [0, 0.1) is 5.95 Å². The van der Waals surface area contributed by atoms with Crippen molar-refractivity contribution < 1.29 is 28.2 Å². The molecule has 2 amide bonds. The third kappa shape index (κ3) is 4.36. The van der Waals surface area contributed by atoms with Gasteiger partial charge in [-0.15, -0.1) is 0 Å². The molecule has 8 nitrogen and oxygen atoms in total. The Hall–Kier alpha value is -2.52. The lowest BCUT2D eigenvalue weighted by atomic mass is 10.0. The molecule has 3 aliphatic heterocycles. The highest BCUT2D eigenvalue weighted by atomic mass is 19.1. The Bertz CT molecular complexity index is 847. The molecule has 3 saturated heterocycles. The van der Waals surface area contributed by atoms with Crippen LogP contribution in [-0.4, -0.2) is 77.1 Å². The molecule has 1 aromatic heterocycles. The third-order valence-corrected chi connectivity index (χ3v) is 6.76. The standard InChI is InChI=1S/C23H28FN3O5/c24-20-10-7-15(11-25-20)22(28)27-16-8-9-17(27)13-26(12-16)23(29)30-14-21-31-18-5-3-1-2-4-6-19(18)32-21/h1-2,7,10-11,16-19,21H,3-6,8-9,12-14H2/b2-1-/t16?,17?,18-,19+,21-. The highest BCUT2D eigenvalue weighted by Gasteiger charge is 2.45. The first-order valence-corrected chi connectivity index (χ1v) is 11.4. The zero-order valence-corrected chi connectivity index (χ0v) is 17.9. The first-order chi connectivity index (χ1) is 15.6. The van der Waals surface area contributed by atoms with Crippen molar-refractivity contribution in [2.75, 3.05) is 19.7 Å². The summed E-state index contributed by atoms with van der Waals surface area (Å²) in [6.07, 6.45) is 10.2. The highest BCUT2D eigenvalue weighted by molar-refractivity contribution is 5.94. The number of carbonyl (C=O) groups excluding carboxylic acids is 2. The summed E-state index contributed by atoms with van der Waals surface area (Å²) in [4.78, 5) is 32.7. The minimum absolute atomic E-state index is 0.0509. The van der Waals surface area contributed by atoms with E-state index in [4.69, 9.17) is 14.2 Å². The molecule has 32 heavy (non-hydrogen) atoms. The third-order valence-electron chi connectivity index (χ3n) is 6.76. The second-order valence-electron chi connectivity index (χ2n) is 8.85. The van der Waals surface area contributed by atoms with E-state index in [-0.39, 0.29) is 36.8 Å². The minimum atomic E-state index is -0.616. The molecular weight excluding hydrogens is 417 g/mol. The smallest absolute Gasteiger partial charge is 0.410 e. The zero-order chi connectivity index (χ0) is 22.1. The van der Waals surface area contributed by atoms with E-state index in [0.29, 0.717) is 18.7 Å². The van der Waals surface area contributed by atoms with Crippen LogP contribution < -0.4 is 0 Å². The number of allylic oxidation sites excluding steroid dienone is 2. The molecule has 2 unspecified atom stereocenters. The van der Waals surface area contributed by atoms with Crippen LogP contribution in [0.1, 0.15) is 48.9 Å². The first kappa shape index (κ1) is 21.3. The van der Waals surface area contributed by atoms with Crippen molar-refractivity contribution in [3.8, 4) is 0 Å². The molecule has 4 aliphatic rings. The number of hydrogen-bond donors (Lipinski definition) is 0. The van der Waals surface area contributed by atoms with Gasteiger partial charge in [0, 0.05) is 19.3 Å². The number of amides is 2.